The van der Waals surface area contributed by atoms with Crippen molar-refractivity contribution < 1.29 is 0 Å². The van der Waals surface area contributed by atoms with Crippen LogP contribution in [0.4, 0.5) is 0 Å². The molecule has 0 bridgehead atoms. The van der Waals surface area contributed by atoms with Crippen LogP contribution in [0.15, 0.2) is 53.6 Å². The minimum absolute atomic E-state index is 0.285. The SMILES string of the molecule is CCCCCC1=CC=C2C=Cc3cccc4c3C23CC13CC=C4. The average Bonchev–Trinajstić information content (AvgIpc) is 3.26. The summed E-state index contributed by atoms with van der Waals surface area (Å²) in [6.45, 7) is 2.30. The molecule has 1 spiro atoms. The Morgan fingerprint density at radius 3 is 2.74 bits per heavy atom. The summed E-state index contributed by atoms with van der Waals surface area (Å²) < 4.78 is 0. The molecule has 1 saturated carbocycles. The van der Waals surface area contributed by atoms with Crippen LogP contribution < -0.4 is 0 Å². The molecule has 0 heterocycles. The Bertz CT molecular complexity index is 801. The first-order valence-corrected chi connectivity index (χ1v) is 9.22. The van der Waals surface area contributed by atoms with Gasteiger partial charge in [-0.25, -0.2) is 0 Å². The third kappa shape index (κ3) is 1.57. The highest BCUT2D eigenvalue weighted by Gasteiger charge is 2.72. The van der Waals surface area contributed by atoms with Crippen molar-refractivity contribution in [1.29, 1.82) is 0 Å². The fourth-order valence-corrected chi connectivity index (χ4v) is 5.53. The summed E-state index contributed by atoms with van der Waals surface area (Å²) in [7, 11) is 0. The smallest absolute Gasteiger partial charge is 0.0320 e. The molecule has 0 aromatic heterocycles. The van der Waals surface area contributed by atoms with Gasteiger partial charge in [-0.3, -0.25) is 0 Å². The van der Waals surface area contributed by atoms with Crippen LogP contribution in [0.25, 0.3) is 12.2 Å². The van der Waals surface area contributed by atoms with E-state index in [1.54, 1.807) is 16.7 Å². The molecule has 116 valence electrons. The lowest BCUT2D eigenvalue weighted by Crippen LogP contribution is -2.27. The Morgan fingerprint density at radius 2 is 1.87 bits per heavy atom. The van der Waals surface area contributed by atoms with Gasteiger partial charge in [0.05, 0.1) is 0 Å². The topological polar surface area (TPSA) is 0 Å². The molecule has 4 aliphatic carbocycles. The minimum Gasteiger partial charge on any atom is -0.0830 e. The van der Waals surface area contributed by atoms with Crippen LogP contribution in [-0.4, -0.2) is 0 Å². The minimum atomic E-state index is 0.285. The fraction of sp³-hybridized carbons (Fsp3) is 0.391. The molecule has 0 nitrogen and oxygen atoms in total. The summed E-state index contributed by atoms with van der Waals surface area (Å²) in [5.74, 6) is 0. The highest BCUT2D eigenvalue weighted by molar-refractivity contribution is 5.80. The van der Waals surface area contributed by atoms with Crippen molar-refractivity contribution in [3.05, 3.63) is 70.3 Å². The van der Waals surface area contributed by atoms with Crippen molar-refractivity contribution in [2.24, 2.45) is 5.41 Å². The van der Waals surface area contributed by atoms with Crippen LogP contribution >= 0.6 is 0 Å². The molecule has 2 unspecified atom stereocenters. The van der Waals surface area contributed by atoms with Gasteiger partial charge in [0.2, 0.25) is 0 Å². The van der Waals surface area contributed by atoms with E-state index >= 15 is 0 Å². The molecule has 0 amide bonds. The molecule has 1 aromatic carbocycles. The van der Waals surface area contributed by atoms with Crippen LogP contribution in [0.3, 0.4) is 0 Å². The first-order valence-electron chi connectivity index (χ1n) is 9.22. The largest absolute Gasteiger partial charge is 0.0830 e. The molecular weight excluding hydrogens is 276 g/mol. The van der Waals surface area contributed by atoms with E-state index in [1.807, 2.05) is 0 Å². The van der Waals surface area contributed by atoms with Gasteiger partial charge in [-0.2, -0.15) is 0 Å². The predicted molar refractivity (Wildman–Crippen MR) is 98.2 cm³/mol. The third-order valence-corrected chi connectivity index (χ3v) is 6.64. The van der Waals surface area contributed by atoms with E-state index in [1.165, 1.54) is 49.7 Å². The Labute approximate surface area is 139 Å². The fourth-order valence-electron chi connectivity index (χ4n) is 5.53. The van der Waals surface area contributed by atoms with Crippen molar-refractivity contribution in [3.63, 3.8) is 0 Å². The third-order valence-electron chi connectivity index (χ3n) is 6.64. The molecule has 0 saturated heterocycles. The second-order valence-electron chi connectivity index (χ2n) is 7.69. The zero-order valence-corrected chi connectivity index (χ0v) is 13.9. The van der Waals surface area contributed by atoms with E-state index in [4.69, 9.17) is 0 Å². The summed E-state index contributed by atoms with van der Waals surface area (Å²) in [6, 6.07) is 6.83. The predicted octanol–water partition coefficient (Wildman–Crippen LogP) is 6.20. The van der Waals surface area contributed by atoms with Crippen LogP contribution in [0.5, 0.6) is 0 Å². The lowest BCUT2D eigenvalue weighted by atomic mass is 9.68. The summed E-state index contributed by atoms with van der Waals surface area (Å²) in [5.41, 5.74) is 8.46. The van der Waals surface area contributed by atoms with Gasteiger partial charge < -0.3 is 0 Å². The number of hydrogen-bond acceptors (Lipinski definition) is 0. The van der Waals surface area contributed by atoms with Crippen molar-refractivity contribution in [2.45, 2.75) is 50.9 Å². The molecule has 0 aliphatic heterocycles. The molecule has 0 N–H and O–H groups in total. The normalized spacial score (nSPS) is 31.7. The molecule has 1 aromatic rings. The number of rotatable bonds is 4. The number of allylic oxidation sites excluding steroid dienone is 6. The molecular formula is C23H24. The van der Waals surface area contributed by atoms with Crippen LogP contribution in [0, 0.1) is 5.41 Å². The van der Waals surface area contributed by atoms with E-state index in [2.05, 4.69) is 61.6 Å². The molecule has 5 rings (SSSR count). The number of unbranched alkanes of at least 4 members (excludes halogenated alkanes) is 2. The maximum absolute atomic E-state index is 2.47. The second kappa shape index (κ2) is 4.60. The Kier molecular flexibility index (Phi) is 2.72. The van der Waals surface area contributed by atoms with Crippen molar-refractivity contribution >= 4 is 12.2 Å². The molecule has 23 heavy (non-hydrogen) atoms. The van der Waals surface area contributed by atoms with Crippen molar-refractivity contribution in [1.82, 2.24) is 0 Å². The molecule has 0 radical (unpaired) electrons. The Morgan fingerprint density at radius 1 is 1.00 bits per heavy atom. The monoisotopic (exact) mass is 300 g/mol. The second-order valence-corrected chi connectivity index (χ2v) is 7.69. The highest BCUT2D eigenvalue weighted by atomic mass is 14.7. The maximum Gasteiger partial charge on any atom is 0.0320 e. The van der Waals surface area contributed by atoms with Gasteiger partial charge in [0.15, 0.2) is 0 Å². The molecule has 2 atom stereocenters. The van der Waals surface area contributed by atoms with E-state index in [0.29, 0.717) is 5.41 Å². The molecule has 4 aliphatic rings. The van der Waals surface area contributed by atoms with Crippen LogP contribution in [0.1, 0.15) is 62.1 Å². The van der Waals surface area contributed by atoms with Crippen LogP contribution in [0.2, 0.25) is 0 Å². The highest BCUT2D eigenvalue weighted by Crippen LogP contribution is 2.78. The van der Waals surface area contributed by atoms with Gasteiger partial charge in [-0.05, 0) is 47.9 Å². The van der Waals surface area contributed by atoms with Crippen molar-refractivity contribution in [2.75, 3.05) is 0 Å². The van der Waals surface area contributed by atoms with Crippen molar-refractivity contribution in [3.8, 4) is 0 Å². The van der Waals surface area contributed by atoms with Gasteiger partial charge >= 0.3 is 0 Å². The van der Waals surface area contributed by atoms with Crippen LogP contribution in [-0.2, 0) is 5.41 Å². The maximum atomic E-state index is 2.47. The molecule has 1 fully saturated rings. The van der Waals surface area contributed by atoms with E-state index in [-0.39, 0.29) is 5.41 Å². The summed E-state index contributed by atoms with van der Waals surface area (Å²) in [5, 5.41) is 0. The molecule has 0 heteroatoms. The zero-order valence-electron chi connectivity index (χ0n) is 13.9. The van der Waals surface area contributed by atoms with Gasteiger partial charge in [0, 0.05) is 10.8 Å². The number of benzene rings is 1. The van der Waals surface area contributed by atoms with Gasteiger partial charge in [-0.1, -0.05) is 80.0 Å². The van der Waals surface area contributed by atoms with E-state index in [9.17, 15) is 0 Å². The summed E-state index contributed by atoms with van der Waals surface area (Å²) in [6.07, 6.45) is 22.3. The first-order chi connectivity index (χ1) is 11.3. The summed E-state index contributed by atoms with van der Waals surface area (Å²) >= 11 is 0. The van der Waals surface area contributed by atoms with Gasteiger partial charge in [0.25, 0.3) is 0 Å². The Hall–Kier alpha value is -1.82. The van der Waals surface area contributed by atoms with E-state index < -0.39 is 0 Å². The standard InChI is InChI=1S/C23H24/c1-2-3-4-10-19-13-14-20-12-11-18-8-5-7-17-9-6-15-22(19)16-23(20,22)21(17)18/h5-9,11-14H,2-4,10,15-16H2,1H3. The first kappa shape index (κ1) is 13.6. The lowest BCUT2D eigenvalue weighted by molar-refractivity contribution is 0.497. The van der Waals surface area contributed by atoms with Gasteiger partial charge in [-0.15, -0.1) is 0 Å². The van der Waals surface area contributed by atoms with E-state index in [0.717, 1.165) is 0 Å². The van der Waals surface area contributed by atoms with Gasteiger partial charge in [0.1, 0.15) is 0 Å². The quantitative estimate of drug-likeness (QED) is 0.580. The lowest BCUT2D eigenvalue weighted by Gasteiger charge is -2.35. The Balaban J connectivity index is 1.67. The number of hydrogen-bond donors (Lipinski definition) is 0. The average molecular weight is 300 g/mol. The zero-order chi connectivity index (χ0) is 15.5. The summed E-state index contributed by atoms with van der Waals surface area (Å²) in [4.78, 5) is 0.